The number of aromatic nitrogens is 3. The van der Waals surface area contributed by atoms with Crippen molar-refractivity contribution in [1.29, 1.82) is 5.26 Å². The molecule has 0 bridgehead atoms. The molecule has 168 valence electrons. The second-order valence-electron chi connectivity index (χ2n) is 8.06. The molecule has 0 unspecified atom stereocenters. The maximum absolute atomic E-state index is 13.4. The van der Waals surface area contributed by atoms with Crippen molar-refractivity contribution in [1.82, 2.24) is 14.4 Å². The molecule has 3 aromatic carbocycles. The van der Waals surface area contributed by atoms with Crippen molar-refractivity contribution in [3.05, 3.63) is 97.9 Å². The summed E-state index contributed by atoms with van der Waals surface area (Å²) >= 11 is 3.53. The fourth-order valence-corrected chi connectivity index (χ4v) is 4.66. The molecule has 8 heteroatoms. The summed E-state index contributed by atoms with van der Waals surface area (Å²) in [7, 11) is 0. The van der Waals surface area contributed by atoms with E-state index in [0.29, 0.717) is 50.0 Å². The molecule has 0 amide bonds. The standard InChI is InChI=1S/C27H16BrN5O2/c1-15-18(13-29)25-31-21-8-4-5-9-23(21)33(25)27(34)19(15)14-30-16-10-11-24-22(12-16)32-26(35-24)17-6-2-3-7-20(17)28/h2-12,14,30H,1H3/b19-14+. The highest BCUT2D eigenvalue weighted by molar-refractivity contribution is 9.10. The lowest BCUT2D eigenvalue weighted by Crippen LogP contribution is -2.34. The summed E-state index contributed by atoms with van der Waals surface area (Å²) < 4.78 is 8.32. The van der Waals surface area contributed by atoms with E-state index in [0.717, 1.165) is 15.7 Å². The summed E-state index contributed by atoms with van der Waals surface area (Å²) in [6.45, 7) is 1.76. The number of benzene rings is 3. The third kappa shape index (κ3) is 3.36. The third-order valence-electron chi connectivity index (χ3n) is 5.98. The Balaban J connectivity index is 1.46. The van der Waals surface area contributed by atoms with Crippen LogP contribution in [0.5, 0.6) is 0 Å². The zero-order valence-corrected chi connectivity index (χ0v) is 20.0. The Hall–Kier alpha value is -4.48. The Morgan fingerprint density at radius 1 is 1.06 bits per heavy atom. The van der Waals surface area contributed by atoms with Gasteiger partial charge in [0.1, 0.15) is 11.6 Å². The zero-order chi connectivity index (χ0) is 24.1. The second kappa shape index (κ2) is 8.08. The molecule has 0 saturated carbocycles. The van der Waals surface area contributed by atoms with Gasteiger partial charge in [-0.3, -0.25) is 9.20 Å². The second-order valence-corrected chi connectivity index (χ2v) is 8.91. The van der Waals surface area contributed by atoms with Crippen molar-refractivity contribution < 1.29 is 4.42 Å². The SMILES string of the molecule is Cc1c(C#N)c2nc3ccccc3n2c(=O)/c1=C/Nc1ccc2oc(-c3ccccc3Br)nc2c1. The Morgan fingerprint density at radius 2 is 1.86 bits per heavy atom. The minimum Gasteiger partial charge on any atom is -0.436 e. The normalized spacial score (nSPS) is 12.0. The quantitative estimate of drug-likeness (QED) is 0.345. The van der Waals surface area contributed by atoms with E-state index in [9.17, 15) is 10.1 Å². The van der Waals surface area contributed by atoms with E-state index in [1.165, 1.54) is 4.40 Å². The first-order chi connectivity index (χ1) is 17.0. The minimum absolute atomic E-state index is 0.239. The first kappa shape index (κ1) is 21.1. The molecule has 35 heavy (non-hydrogen) atoms. The predicted molar refractivity (Wildman–Crippen MR) is 139 cm³/mol. The number of nitriles is 1. The predicted octanol–water partition coefficient (Wildman–Crippen LogP) is 5.17. The highest BCUT2D eigenvalue weighted by Crippen LogP contribution is 2.31. The van der Waals surface area contributed by atoms with Gasteiger partial charge in [0.2, 0.25) is 5.89 Å². The largest absolute Gasteiger partial charge is 0.436 e. The Labute approximate surface area is 207 Å². The van der Waals surface area contributed by atoms with Crippen LogP contribution < -0.4 is 16.1 Å². The molecule has 0 fully saturated rings. The van der Waals surface area contributed by atoms with Gasteiger partial charge in [0.15, 0.2) is 11.2 Å². The lowest BCUT2D eigenvalue weighted by molar-refractivity contribution is 0.619. The van der Waals surface area contributed by atoms with Gasteiger partial charge in [0.05, 0.1) is 27.4 Å². The first-order valence-corrected chi connectivity index (χ1v) is 11.6. The molecule has 6 rings (SSSR count). The molecule has 3 aromatic heterocycles. The van der Waals surface area contributed by atoms with Crippen LogP contribution in [-0.4, -0.2) is 14.4 Å². The number of anilines is 1. The van der Waals surface area contributed by atoms with Gasteiger partial charge >= 0.3 is 0 Å². The van der Waals surface area contributed by atoms with E-state index >= 15 is 0 Å². The number of pyridine rings is 1. The average Bonchev–Trinajstić information content (AvgIpc) is 3.46. The molecule has 0 saturated heterocycles. The van der Waals surface area contributed by atoms with Crippen molar-refractivity contribution in [2.24, 2.45) is 0 Å². The number of para-hydroxylation sites is 2. The highest BCUT2D eigenvalue weighted by Gasteiger charge is 2.16. The zero-order valence-electron chi connectivity index (χ0n) is 18.4. The van der Waals surface area contributed by atoms with E-state index < -0.39 is 0 Å². The van der Waals surface area contributed by atoms with Gasteiger partial charge in [-0.25, -0.2) is 9.97 Å². The van der Waals surface area contributed by atoms with Crippen LogP contribution in [0.15, 0.2) is 80.4 Å². The van der Waals surface area contributed by atoms with Crippen molar-refractivity contribution >= 4 is 55.6 Å². The van der Waals surface area contributed by atoms with Gasteiger partial charge in [0.25, 0.3) is 5.56 Å². The van der Waals surface area contributed by atoms with Crippen LogP contribution in [0, 0.1) is 18.3 Å². The number of imidazole rings is 1. The van der Waals surface area contributed by atoms with Crippen molar-refractivity contribution in [3.8, 4) is 17.5 Å². The monoisotopic (exact) mass is 521 g/mol. The number of rotatable bonds is 3. The molecule has 0 spiro atoms. The van der Waals surface area contributed by atoms with Crippen molar-refractivity contribution in [2.45, 2.75) is 6.92 Å². The van der Waals surface area contributed by atoms with Gasteiger partial charge in [-0.15, -0.1) is 0 Å². The summed E-state index contributed by atoms with van der Waals surface area (Å²) in [5.41, 5.74) is 5.35. The minimum atomic E-state index is -0.239. The number of nitrogens with zero attached hydrogens (tertiary/aromatic N) is 4. The van der Waals surface area contributed by atoms with Gasteiger partial charge in [0, 0.05) is 16.4 Å². The topological polar surface area (TPSA) is 96.2 Å². The number of hydrogen-bond acceptors (Lipinski definition) is 6. The van der Waals surface area contributed by atoms with Gasteiger partial charge < -0.3 is 9.73 Å². The maximum atomic E-state index is 13.4. The van der Waals surface area contributed by atoms with Crippen molar-refractivity contribution in [2.75, 3.05) is 5.32 Å². The average molecular weight is 522 g/mol. The molecular formula is C27H16BrN5O2. The summed E-state index contributed by atoms with van der Waals surface area (Å²) in [5.74, 6) is 0.516. The molecule has 1 N–H and O–H groups in total. The van der Waals surface area contributed by atoms with Crippen LogP contribution in [0.2, 0.25) is 0 Å². The summed E-state index contributed by atoms with van der Waals surface area (Å²) in [5, 5.41) is 13.4. The van der Waals surface area contributed by atoms with E-state index in [4.69, 9.17) is 4.42 Å². The Morgan fingerprint density at radius 3 is 2.69 bits per heavy atom. The smallest absolute Gasteiger partial charge is 0.265 e. The molecule has 0 aliphatic heterocycles. The van der Waals surface area contributed by atoms with Crippen LogP contribution in [0.25, 0.3) is 45.4 Å². The van der Waals surface area contributed by atoms with E-state index in [-0.39, 0.29) is 5.56 Å². The fourth-order valence-electron chi connectivity index (χ4n) is 4.21. The third-order valence-corrected chi connectivity index (χ3v) is 6.68. The molecular weight excluding hydrogens is 506 g/mol. The molecule has 7 nitrogen and oxygen atoms in total. The van der Waals surface area contributed by atoms with Crippen LogP contribution in [-0.2, 0) is 0 Å². The number of halogens is 1. The summed E-state index contributed by atoms with van der Waals surface area (Å²) in [6.07, 6.45) is 1.63. The fraction of sp³-hybridized carbons (Fsp3) is 0.0370. The Bertz CT molecular complexity index is 1950. The highest BCUT2D eigenvalue weighted by atomic mass is 79.9. The summed E-state index contributed by atoms with van der Waals surface area (Å²) in [6, 6.07) is 22.8. The van der Waals surface area contributed by atoms with Crippen molar-refractivity contribution in [3.63, 3.8) is 0 Å². The number of oxazole rings is 1. The van der Waals surface area contributed by atoms with Crippen LogP contribution in [0.1, 0.15) is 11.1 Å². The maximum Gasteiger partial charge on any atom is 0.265 e. The van der Waals surface area contributed by atoms with Crippen LogP contribution in [0.3, 0.4) is 0 Å². The number of fused-ring (bicyclic) bond motifs is 4. The number of hydrogen-bond donors (Lipinski definition) is 1. The van der Waals surface area contributed by atoms with Gasteiger partial charge in [-0.05, 0) is 70.9 Å². The molecule has 3 heterocycles. The van der Waals surface area contributed by atoms with Gasteiger partial charge in [-0.2, -0.15) is 5.26 Å². The Kier molecular flexibility index (Phi) is 4.87. The van der Waals surface area contributed by atoms with Crippen LogP contribution in [0.4, 0.5) is 5.69 Å². The molecule has 0 radical (unpaired) electrons. The molecule has 6 aromatic rings. The lowest BCUT2D eigenvalue weighted by atomic mass is 10.1. The molecule has 0 aliphatic carbocycles. The van der Waals surface area contributed by atoms with E-state index in [1.54, 1.807) is 13.1 Å². The summed E-state index contributed by atoms with van der Waals surface area (Å²) in [4.78, 5) is 22.6. The van der Waals surface area contributed by atoms with Crippen LogP contribution >= 0.6 is 15.9 Å². The van der Waals surface area contributed by atoms with E-state index in [2.05, 4.69) is 37.3 Å². The molecule has 0 atom stereocenters. The molecule has 0 aliphatic rings. The van der Waals surface area contributed by atoms with Gasteiger partial charge in [-0.1, -0.05) is 24.3 Å². The van der Waals surface area contributed by atoms with E-state index in [1.807, 2.05) is 66.7 Å². The number of nitrogens with one attached hydrogen (secondary N) is 1. The lowest BCUT2D eigenvalue weighted by Gasteiger charge is -2.04. The first-order valence-electron chi connectivity index (χ1n) is 10.8.